The molecule has 0 aliphatic rings. The second-order valence-corrected chi connectivity index (χ2v) is 5.08. The maximum atomic E-state index is 10.7. The van der Waals surface area contributed by atoms with Gasteiger partial charge in [-0.15, -0.1) is 10.2 Å². The second kappa shape index (κ2) is 6.02. The summed E-state index contributed by atoms with van der Waals surface area (Å²) < 4.78 is 15.1. The molecule has 0 radical (unpaired) electrons. The highest BCUT2D eigenvalue weighted by atomic mass is 35.5. The van der Waals surface area contributed by atoms with Crippen LogP contribution in [0.2, 0.25) is 5.02 Å². The van der Waals surface area contributed by atoms with Gasteiger partial charge >= 0.3 is 7.82 Å². The van der Waals surface area contributed by atoms with E-state index < -0.39 is 7.82 Å². The number of nitrogens with zero attached hydrogens (tertiary/aromatic N) is 3. The normalized spacial score (nSPS) is 10.9. The van der Waals surface area contributed by atoms with Crippen molar-refractivity contribution in [3.63, 3.8) is 0 Å². The highest BCUT2D eigenvalue weighted by Gasteiger charge is 2.18. The molecule has 11 heteroatoms. The largest absolute Gasteiger partial charge is 0.524 e. The van der Waals surface area contributed by atoms with Crippen LogP contribution in [0.1, 0.15) is 0 Å². The number of nitrogens with one attached hydrogen (secondary N) is 2. The minimum atomic E-state index is -4.54. The van der Waals surface area contributed by atoms with Crippen molar-refractivity contribution in [3.8, 4) is 5.75 Å². The highest BCUT2D eigenvalue weighted by molar-refractivity contribution is 7.46. The number of phosphoric ester groups is 1. The van der Waals surface area contributed by atoms with Gasteiger partial charge in [-0.3, -0.25) is 9.79 Å². The summed E-state index contributed by atoms with van der Waals surface area (Å²) >= 11 is 5.76. The SMILES string of the molecule is O=P(O)(O)Oc1c[nH]c2ccc(Cl)cc12.c1nn[nH]n1. The molecule has 0 atom stereocenters. The lowest BCUT2D eigenvalue weighted by molar-refractivity contribution is 0.284. The first-order valence-electron chi connectivity index (χ1n) is 5.14. The fraction of sp³-hybridized carbons (Fsp3) is 0. The van der Waals surface area contributed by atoms with Crippen molar-refractivity contribution < 1.29 is 18.9 Å². The molecule has 106 valence electrons. The quantitative estimate of drug-likeness (QED) is 0.525. The molecule has 0 aliphatic heterocycles. The van der Waals surface area contributed by atoms with Gasteiger partial charge in [0.1, 0.15) is 0 Å². The monoisotopic (exact) mass is 317 g/mol. The zero-order valence-electron chi connectivity index (χ0n) is 9.76. The van der Waals surface area contributed by atoms with E-state index in [1.807, 2.05) is 0 Å². The van der Waals surface area contributed by atoms with Crippen LogP contribution in [0.15, 0.2) is 30.7 Å². The summed E-state index contributed by atoms with van der Waals surface area (Å²) in [6.45, 7) is 0. The summed E-state index contributed by atoms with van der Waals surface area (Å²) in [5.74, 6) is 0.0841. The Morgan fingerprint density at radius 3 is 2.70 bits per heavy atom. The lowest BCUT2D eigenvalue weighted by atomic mass is 10.2. The molecule has 0 unspecified atom stereocenters. The predicted molar refractivity (Wildman–Crippen MR) is 70.2 cm³/mol. The smallest absolute Gasteiger partial charge is 0.402 e. The lowest BCUT2D eigenvalue weighted by Crippen LogP contribution is -1.88. The zero-order chi connectivity index (χ0) is 14.6. The number of fused-ring (bicyclic) bond motifs is 1. The number of hydrogen-bond donors (Lipinski definition) is 4. The van der Waals surface area contributed by atoms with Crippen LogP contribution in [0, 0.1) is 0 Å². The number of tetrazole rings is 1. The van der Waals surface area contributed by atoms with Crippen molar-refractivity contribution >= 4 is 30.3 Å². The van der Waals surface area contributed by atoms with Crippen LogP contribution in [0.3, 0.4) is 0 Å². The third-order valence-electron chi connectivity index (χ3n) is 2.09. The Labute approximate surface area is 117 Å². The summed E-state index contributed by atoms with van der Waals surface area (Å²) in [4.78, 5) is 20.1. The number of benzene rings is 1. The van der Waals surface area contributed by atoms with Crippen LogP contribution >= 0.6 is 19.4 Å². The summed E-state index contributed by atoms with van der Waals surface area (Å²) in [6, 6.07) is 4.93. The van der Waals surface area contributed by atoms with Gasteiger partial charge in [-0.25, -0.2) is 4.57 Å². The molecule has 0 bridgehead atoms. The molecule has 2 heterocycles. The second-order valence-electron chi connectivity index (χ2n) is 3.48. The molecule has 0 fully saturated rings. The average molecular weight is 318 g/mol. The van der Waals surface area contributed by atoms with E-state index in [4.69, 9.17) is 21.4 Å². The molecule has 0 spiro atoms. The highest BCUT2D eigenvalue weighted by Crippen LogP contribution is 2.41. The Bertz CT molecular complexity index is 708. The number of H-pyrrole nitrogens is 2. The first-order valence-corrected chi connectivity index (χ1v) is 7.05. The summed E-state index contributed by atoms with van der Waals surface area (Å²) in [5, 5.41) is 13.2. The van der Waals surface area contributed by atoms with E-state index in [1.54, 1.807) is 18.2 Å². The fourth-order valence-electron chi connectivity index (χ4n) is 1.40. The van der Waals surface area contributed by atoms with E-state index in [0.717, 1.165) is 0 Å². The molecule has 0 saturated heterocycles. The van der Waals surface area contributed by atoms with Crippen molar-refractivity contribution in [1.29, 1.82) is 0 Å². The molecule has 0 aliphatic carbocycles. The maximum Gasteiger partial charge on any atom is 0.524 e. The summed E-state index contributed by atoms with van der Waals surface area (Å²) in [7, 11) is -4.54. The van der Waals surface area contributed by atoms with Gasteiger partial charge in [0.05, 0.1) is 0 Å². The van der Waals surface area contributed by atoms with Gasteiger partial charge in [0.2, 0.25) is 0 Å². The Hall–Kier alpha value is -1.93. The predicted octanol–water partition coefficient (Wildman–Crippen LogP) is 1.49. The van der Waals surface area contributed by atoms with Crippen molar-refractivity contribution in [2.75, 3.05) is 0 Å². The third-order valence-corrected chi connectivity index (χ3v) is 2.76. The molecule has 3 aromatic rings. The molecule has 20 heavy (non-hydrogen) atoms. The van der Waals surface area contributed by atoms with Crippen molar-refractivity contribution in [2.24, 2.45) is 0 Å². The van der Waals surface area contributed by atoms with Gasteiger partial charge in [0.25, 0.3) is 0 Å². The first kappa shape index (κ1) is 14.5. The molecule has 4 N–H and O–H groups in total. The van der Waals surface area contributed by atoms with Crippen LogP contribution in [0.25, 0.3) is 10.9 Å². The Morgan fingerprint density at radius 2 is 2.15 bits per heavy atom. The van der Waals surface area contributed by atoms with Crippen LogP contribution in [-0.2, 0) is 4.57 Å². The number of rotatable bonds is 2. The average Bonchev–Trinajstić information content (AvgIpc) is 3.01. The van der Waals surface area contributed by atoms with Crippen LogP contribution < -0.4 is 4.52 Å². The van der Waals surface area contributed by atoms with Crippen LogP contribution in [0.5, 0.6) is 5.75 Å². The van der Waals surface area contributed by atoms with Gasteiger partial charge in [0.15, 0.2) is 12.1 Å². The van der Waals surface area contributed by atoms with Crippen molar-refractivity contribution in [3.05, 3.63) is 35.7 Å². The van der Waals surface area contributed by atoms with Crippen LogP contribution in [-0.4, -0.2) is 35.4 Å². The fourth-order valence-corrected chi connectivity index (χ4v) is 1.98. The van der Waals surface area contributed by atoms with E-state index in [0.29, 0.717) is 15.9 Å². The summed E-state index contributed by atoms with van der Waals surface area (Å²) in [5.41, 5.74) is 0.697. The molecule has 2 aromatic heterocycles. The van der Waals surface area contributed by atoms with E-state index in [9.17, 15) is 4.57 Å². The first-order chi connectivity index (χ1) is 9.46. The third kappa shape index (κ3) is 4.04. The lowest BCUT2D eigenvalue weighted by Gasteiger charge is -2.04. The molecule has 0 amide bonds. The number of halogens is 1. The Balaban J connectivity index is 0.000000247. The van der Waals surface area contributed by atoms with Gasteiger partial charge in [0, 0.05) is 22.1 Å². The standard InChI is InChI=1S/C8H7ClNO4P.CH2N4/c9-5-1-2-7-6(3-5)8(4-10-7)14-15(11,12)13;1-2-4-5-3-1/h1-4,10H,(H2,11,12,13);1H,(H,2,3,4,5). The van der Waals surface area contributed by atoms with E-state index in [1.165, 1.54) is 12.5 Å². The topological polar surface area (TPSA) is 137 Å². The maximum absolute atomic E-state index is 10.7. The van der Waals surface area contributed by atoms with E-state index >= 15 is 0 Å². The molecule has 0 saturated carbocycles. The van der Waals surface area contributed by atoms with E-state index in [-0.39, 0.29) is 5.75 Å². The minimum Gasteiger partial charge on any atom is -0.402 e. The van der Waals surface area contributed by atoms with Gasteiger partial charge in [-0.05, 0) is 18.2 Å². The minimum absolute atomic E-state index is 0.0841. The number of aromatic amines is 2. The number of aromatic nitrogens is 5. The molecule has 9 nitrogen and oxygen atoms in total. The number of phosphoric acid groups is 1. The molecule has 1 aromatic carbocycles. The summed E-state index contributed by atoms with van der Waals surface area (Å²) in [6.07, 6.45) is 2.71. The molecular weight excluding hydrogens is 309 g/mol. The number of hydrogen-bond acceptors (Lipinski definition) is 5. The van der Waals surface area contributed by atoms with Gasteiger partial charge in [-0.2, -0.15) is 5.21 Å². The van der Waals surface area contributed by atoms with Crippen molar-refractivity contribution in [2.45, 2.75) is 0 Å². The molecular formula is C9H9ClN5O4P. The van der Waals surface area contributed by atoms with E-state index in [2.05, 4.69) is 30.1 Å². The van der Waals surface area contributed by atoms with Crippen LogP contribution in [0.4, 0.5) is 0 Å². The van der Waals surface area contributed by atoms with Gasteiger partial charge in [-0.1, -0.05) is 16.8 Å². The molecule has 3 rings (SSSR count). The Kier molecular flexibility index (Phi) is 4.35. The van der Waals surface area contributed by atoms with Gasteiger partial charge < -0.3 is 9.51 Å². The Morgan fingerprint density at radius 1 is 1.35 bits per heavy atom. The zero-order valence-corrected chi connectivity index (χ0v) is 11.4. The van der Waals surface area contributed by atoms with Crippen molar-refractivity contribution in [1.82, 2.24) is 25.6 Å².